The van der Waals surface area contributed by atoms with Crippen LogP contribution >= 0.6 is 0 Å². The lowest BCUT2D eigenvalue weighted by atomic mass is 9.91. The van der Waals surface area contributed by atoms with Gasteiger partial charge < -0.3 is 19.5 Å². The predicted octanol–water partition coefficient (Wildman–Crippen LogP) is 2.09. The zero-order valence-corrected chi connectivity index (χ0v) is 14.5. The Kier molecular flexibility index (Phi) is 9.88. The first-order valence-electron chi connectivity index (χ1n) is 8.41. The molecule has 21 heavy (non-hydrogen) atoms. The summed E-state index contributed by atoms with van der Waals surface area (Å²) in [7, 11) is 5.90. The number of carboxylic acids is 1. The van der Waals surface area contributed by atoms with Crippen LogP contribution in [0.25, 0.3) is 0 Å². The van der Waals surface area contributed by atoms with Gasteiger partial charge in [0, 0.05) is 12.4 Å². The minimum Gasteiger partial charge on any atom is -0.550 e. The molecule has 1 atom stereocenters. The number of hydrogen-bond acceptors (Lipinski definition) is 3. The van der Waals surface area contributed by atoms with Crippen LogP contribution in [0, 0.1) is 0 Å². The molecule has 4 nitrogen and oxygen atoms in total. The summed E-state index contributed by atoms with van der Waals surface area (Å²) in [6.07, 6.45) is 9.84. The molecule has 0 aromatic carbocycles. The molecule has 0 aromatic rings. The molecule has 0 heterocycles. The quantitative estimate of drug-likeness (QED) is 0.418. The first-order valence-corrected chi connectivity index (χ1v) is 8.41. The highest BCUT2D eigenvalue weighted by Crippen LogP contribution is 2.22. The summed E-state index contributed by atoms with van der Waals surface area (Å²) in [5, 5.41) is 21.4. The molecule has 0 spiro atoms. The largest absolute Gasteiger partial charge is 0.550 e. The summed E-state index contributed by atoms with van der Waals surface area (Å²) in [6.45, 7) is 2.66. The summed E-state index contributed by atoms with van der Waals surface area (Å²) in [5.41, 5.74) is -1.14. The molecule has 0 fully saturated rings. The second-order valence-corrected chi connectivity index (χ2v) is 7.45. The van der Waals surface area contributed by atoms with Gasteiger partial charge >= 0.3 is 0 Å². The second-order valence-electron chi connectivity index (χ2n) is 7.45. The molecule has 0 bridgehead atoms. The third kappa shape index (κ3) is 12.8. The molecule has 0 aliphatic heterocycles. The van der Waals surface area contributed by atoms with E-state index in [2.05, 4.69) is 6.92 Å². The lowest BCUT2D eigenvalue weighted by molar-refractivity contribution is -0.877. The van der Waals surface area contributed by atoms with E-state index in [1.807, 2.05) is 21.1 Å². The van der Waals surface area contributed by atoms with Crippen LogP contribution in [0.1, 0.15) is 71.1 Å². The highest BCUT2D eigenvalue weighted by atomic mass is 16.4. The molecule has 1 N–H and O–H groups in total. The average molecular weight is 301 g/mol. The van der Waals surface area contributed by atoms with E-state index in [-0.39, 0.29) is 6.42 Å². The number of quaternary nitrogens is 1. The predicted molar refractivity (Wildman–Crippen MR) is 84.7 cm³/mol. The van der Waals surface area contributed by atoms with Crippen molar-refractivity contribution < 1.29 is 19.5 Å². The monoisotopic (exact) mass is 301 g/mol. The van der Waals surface area contributed by atoms with Gasteiger partial charge in [-0.25, -0.2) is 0 Å². The molecule has 0 rings (SSSR count). The number of rotatable bonds is 13. The molecule has 0 saturated heterocycles. The number of aliphatic hydroxyl groups is 1. The van der Waals surface area contributed by atoms with Crippen molar-refractivity contribution in [1.82, 2.24) is 0 Å². The summed E-state index contributed by atoms with van der Waals surface area (Å²) in [6, 6.07) is 0. The van der Waals surface area contributed by atoms with E-state index in [1.165, 1.54) is 38.5 Å². The maximum atomic E-state index is 10.9. The minimum absolute atomic E-state index is 0.265. The van der Waals surface area contributed by atoms with Gasteiger partial charge in [-0.1, -0.05) is 58.3 Å². The number of unbranched alkanes of at least 4 members (excludes halogenated alkanes) is 7. The van der Waals surface area contributed by atoms with E-state index >= 15 is 0 Å². The van der Waals surface area contributed by atoms with Crippen LogP contribution < -0.4 is 5.11 Å². The third-order valence-electron chi connectivity index (χ3n) is 3.74. The van der Waals surface area contributed by atoms with Crippen LogP contribution in [0.15, 0.2) is 0 Å². The normalized spacial score (nSPS) is 14.9. The van der Waals surface area contributed by atoms with Crippen LogP contribution in [-0.2, 0) is 4.79 Å². The number of carbonyl (C=O) groups excluding carboxylic acids is 1. The zero-order valence-electron chi connectivity index (χ0n) is 14.5. The number of likely N-dealkylation sites (N-methyl/N-ethyl adjacent to an activating group) is 1. The van der Waals surface area contributed by atoms with Gasteiger partial charge in [0.05, 0.1) is 21.1 Å². The zero-order chi connectivity index (χ0) is 16.4. The number of hydrogen-bond donors (Lipinski definition) is 1. The van der Waals surface area contributed by atoms with Gasteiger partial charge in [0.15, 0.2) is 0 Å². The standard InChI is InChI=1S/C17H35NO3/c1-5-6-7-8-9-10-11-12-13-17(21,14-16(19)20)15-18(2,3)4/h21H,5-15H2,1-4H3. The topological polar surface area (TPSA) is 60.4 Å². The van der Waals surface area contributed by atoms with Crippen LogP contribution in [0.2, 0.25) is 0 Å². The van der Waals surface area contributed by atoms with Crippen LogP contribution in [0.5, 0.6) is 0 Å². The van der Waals surface area contributed by atoms with Gasteiger partial charge in [-0.2, -0.15) is 0 Å². The Morgan fingerprint density at radius 2 is 1.48 bits per heavy atom. The Morgan fingerprint density at radius 1 is 1.00 bits per heavy atom. The van der Waals surface area contributed by atoms with Crippen molar-refractivity contribution in [3.05, 3.63) is 0 Å². The fourth-order valence-corrected chi connectivity index (χ4v) is 2.96. The van der Waals surface area contributed by atoms with Crippen LogP contribution in [0.4, 0.5) is 0 Å². The van der Waals surface area contributed by atoms with Gasteiger partial charge in [-0.05, 0) is 6.42 Å². The Bertz CT molecular complexity index is 286. The summed E-state index contributed by atoms with van der Waals surface area (Å²) < 4.78 is 0.556. The molecule has 0 aliphatic carbocycles. The Morgan fingerprint density at radius 3 is 1.90 bits per heavy atom. The smallest absolute Gasteiger partial charge is 0.119 e. The fourth-order valence-electron chi connectivity index (χ4n) is 2.96. The molecular weight excluding hydrogens is 266 g/mol. The second kappa shape index (κ2) is 10.2. The van der Waals surface area contributed by atoms with E-state index in [1.54, 1.807) is 0 Å². The van der Waals surface area contributed by atoms with Crippen LogP contribution in [0.3, 0.4) is 0 Å². The van der Waals surface area contributed by atoms with Crippen molar-refractivity contribution in [1.29, 1.82) is 0 Å². The highest BCUT2D eigenvalue weighted by Gasteiger charge is 2.33. The molecule has 126 valence electrons. The first kappa shape index (κ1) is 20.4. The Hall–Kier alpha value is -0.610. The van der Waals surface area contributed by atoms with Gasteiger partial charge in [-0.15, -0.1) is 0 Å². The molecule has 4 heteroatoms. The van der Waals surface area contributed by atoms with Gasteiger partial charge in [0.2, 0.25) is 0 Å². The van der Waals surface area contributed by atoms with E-state index in [4.69, 9.17) is 0 Å². The van der Waals surface area contributed by atoms with Gasteiger partial charge in [0.25, 0.3) is 0 Å². The van der Waals surface area contributed by atoms with Gasteiger partial charge in [-0.3, -0.25) is 0 Å². The lowest BCUT2D eigenvalue weighted by Gasteiger charge is -2.36. The van der Waals surface area contributed by atoms with Gasteiger partial charge in [0.1, 0.15) is 12.1 Å². The molecule has 0 radical (unpaired) electrons. The number of nitrogens with zero attached hydrogens (tertiary/aromatic N) is 1. The molecule has 0 aromatic heterocycles. The molecule has 0 amide bonds. The van der Waals surface area contributed by atoms with Crippen molar-refractivity contribution in [3.63, 3.8) is 0 Å². The summed E-state index contributed by atoms with van der Waals surface area (Å²) in [5.74, 6) is -1.16. The maximum absolute atomic E-state index is 10.9. The number of aliphatic carboxylic acids is 1. The number of carboxylic acid groups (broad SMARTS) is 1. The average Bonchev–Trinajstić information content (AvgIpc) is 2.29. The highest BCUT2D eigenvalue weighted by molar-refractivity contribution is 5.65. The first-order chi connectivity index (χ1) is 9.68. The van der Waals surface area contributed by atoms with E-state index in [0.29, 0.717) is 17.4 Å². The fraction of sp³-hybridized carbons (Fsp3) is 0.941. The molecule has 0 aliphatic rings. The SMILES string of the molecule is CCCCCCCCCCC(O)(CC(=O)[O-])C[N+](C)(C)C. The minimum atomic E-state index is -1.16. The van der Waals surface area contributed by atoms with E-state index in [0.717, 1.165) is 12.8 Å². The van der Waals surface area contributed by atoms with Crippen molar-refractivity contribution in [2.24, 2.45) is 0 Å². The Balaban J connectivity index is 3.99. The van der Waals surface area contributed by atoms with Crippen molar-refractivity contribution in [2.45, 2.75) is 76.7 Å². The third-order valence-corrected chi connectivity index (χ3v) is 3.74. The van der Waals surface area contributed by atoms with E-state index < -0.39 is 11.6 Å². The van der Waals surface area contributed by atoms with Crippen molar-refractivity contribution in [2.75, 3.05) is 27.7 Å². The summed E-state index contributed by atoms with van der Waals surface area (Å²) in [4.78, 5) is 10.9. The Labute approximate surface area is 130 Å². The molecular formula is C17H35NO3. The summed E-state index contributed by atoms with van der Waals surface area (Å²) >= 11 is 0. The van der Waals surface area contributed by atoms with Crippen LogP contribution in [-0.4, -0.2) is 48.8 Å². The van der Waals surface area contributed by atoms with E-state index in [9.17, 15) is 15.0 Å². The lowest BCUT2D eigenvalue weighted by Crippen LogP contribution is -2.51. The molecule has 1 unspecified atom stereocenters. The molecule has 0 saturated carbocycles. The maximum Gasteiger partial charge on any atom is 0.119 e. The van der Waals surface area contributed by atoms with Crippen molar-refractivity contribution >= 4 is 5.97 Å². The number of carbonyl (C=O) groups is 1. The van der Waals surface area contributed by atoms with Crippen molar-refractivity contribution in [3.8, 4) is 0 Å².